The molecule has 0 aromatic carbocycles. The van der Waals surface area contributed by atoms with Gasteiger partial charge in [0.15, 0.2) is 0 Å². The van der Waals surface area contributed by atoms with Crippen molar-refractivity contribution in [2.24, 2.45) is 5.92 Å². The minimum absolute atomic E-state index is 0.500. The first-order valence-electron chi connectivity index (χ1n) is 3.10. The van der Waals surface area contributed by atoms with Crippen LogP contribution >= 0.6 is 0 Å². The largest absolute Gasteiger partial charge is 0.258 e. The van der Waals surface area contributed by atoms with E-state index in [4.69, 9.17) is 11.5 Å². The van der Waals surface area contributed by atoms with E-state index >= 15 is 0 Å². The van der Waals surface area contributed by atoms with Crippen LogP contribution in [0.1, 0.15) is 19.8 Å². The zero-order chi connectivity index (χ0) is 6.41. The Morgan fingerprint density at radius 2 is 2.00 bits per heavy atom. The van der Waals surface area contributed by atoms with Crippen molar-refractivity contribution < 1.29 is 0 Å². The molecule has 0 aliphatic rings. The molecule has 0 heterocycles. The summed E-state index contributed by atoms with van der Waals surface area (Å²) in [6.07, 6.45) is 2.01. The van der Waals surface area contributed by atoms with Gasteiger partial charge in [-0.05, 0) is 18.8 Å². The van der Waals surface area contributed by atoms with Crippen molar-refractivity contribution in [1.82, 2.24) is 11.5 Å². The van der Waals surface area contributed by atoms with Crippen LogP contribution in [0.15, 0.2) is 0 Å². The third kappa shape index (κ3) is 4.09. The fraction of sp³-hybridized carbons (Fsp3) is 1.00. The van der Waals surface area contributed by atoms with E-state index in [2.05, 4.69) is 6.92 Å². The Morgan fingerprint density at radius 1 is 1.38 bits per heavy atom. The Bertz CT molecular complexity index is 45.8. The molecule has 0 aromatic heterocycles. The average molecular weight is 114 g/mol. The lowest BCUT2D eigenvalue weighted by atomic mass is 10.1. The van der Waals surface area contributed by atoms with Crippen LogP contribution in [0.3, 0.4) is 0 Å². The molecule has 8 heavy (non-hydrogen) atoms. The molecule has 0 fully saturated rings. The minimum Gasteiger partial charge on any atom is -0.258 e. The number of hydrogen-bond acceptors (Lipinski definition) is 0. The van der Waals surface area contributed by atoms with Gasteiger partial charge in [0.2, 0.25) is 0 Å². The molecular weight excluding hydrogens is 100 g/mol. The predicted molar refractivity (Wildman–Crippen MR) is 34.3 cm³/mol. The number of rotatable bonds is 4. The second-order valence-corrected chi connectivity index (χ2v) is 2.20. The molecule has 0 saturated heterocycles. The molecule has 2 N–H and O–H groups in total. The summed E-state index contributed by atoms with van der Waals surface area (Å²) in [4.78, 5) is 0. The summed E-state index contributed by atoms with van der Waals surface area (Å²) in [5, 5.41) is 0. The smallest absolute Gasteiger partial charge is 0.0125 e. The highest BCUT2D eigenvalue weighted by atomic mass is 14.5. The number of nitrogens with one attached hydrogen (secondary N) is 2. The highest BCUT2D eigenvalue weighted by Crippen LogP contribution is 2.01. The van der Waals surface area contributed by atoms with E-state index < -0.39 is 0 Å². The highest BCUT2D eigenvalue weighted by molar-refractivity contribution is 4.51. The summed E-state index contributed by atoms with van der Waals surface area (Å²) in [5.74, 6) is 0.500. The first-order chi connectivity index (χ1) is 3.81. The van der Waals surface area contributed by atoms with Crippen LogP contribution in [0.25, 0.3) is 0 Å². The van der Waals surface area contributed by atoms with Crippen LogP contribution in [0.5, 0.6) is 0 Å². The SMILES string of the molecule is CC(C[NH])CCC[NH]. The van der Waals surface area contributed by atoms with E-state index in [0.717, 1.165) is 12.8 Å². The second kappa shape index (κ2) is 5.06. The van der Waals surface area contributed by atoms with Gasteiger partial charge < -0.3 is 0 Å². The number of hydrogen-bond donors (Lipinski definition) is 0. The summed E-state index contributed by atoms with van der Waals surface area (Å²) in [5.41, 5.74) is 13.7. The Hall–Kier alpha value is -0.0800. The Morgan fingerprint density at radius 3 is 2.38 bits per heavy atom. The van der Waals surface area contributed by atoms with Gasteiger partial charge in [-0.25, -0.2) is 0 Å². The Labute approximate surface area is 51.2 Å². The lowest BCUT2D eigenvalue weighted by Crippen LogP contribution is -2.02. The maximum Gasteiger partial charge on any atom is 0.0125 e. The van der Waals surface area contributed by atoms with Crippen molar-refractivity contribution in [2.45, 2.75) is 19.8 Å². The predicted octanol–water partition coefficient (Wildman–Crippen LogP) is 0.968. The minimum atomic E-state index is 0.500. The van der Waals surface area contributed by atoms with Gasteiger partial charge in [0.05, 0.1) is 0 Å². The molecule has 0 spiro atoms. The topological polar surface area (TPSA) is 47.6 Å². The van der Waals surface area contributed by atoms with Crippen LogP contribution in [0.4, 0.5) is 0 Å². The molecule has 1 atom stereocenters. The van der Waals surface area contributed by atoms with Crippen LogP contribution < -0.4 is 11.5 Å². The summed E-state index contributed by atoms with van der Waals surface area (Å²) in [6, 6.07) is 0. The monoisotopic (exact) mass is 114 g/mol. The van der Waals surface area contributed by atoms with E-state index in [0.29, 0.717) is 19.0 Å². The molecular formula is C6H14N2. The van der Waals surface area contributed by atoms with Gasteiger partial charge in [0.1, 0.15) is 0 Å². The quantitative estimate of drug-likeness (QED) is 0.523. The van der Waals surface area contributed by atoms with E-state index in [-0.39, 0.29) is 0 Å². The van der Waals surface area contributed by atoms with Crippen LogP contribution in [-0.2, 0) is 0 Å². The molecule has 2 radical (unpaired) electrons. The highest BCUT2D eigenvalue weighted by Gasteiger charge is 1.95. The zero-order valence-electron chi connectivity index (χ0n) is 5.41. The van der Waals surface area contributed by atoms with E-state index in [1.54, 1.807) is 0 Å². The lowest BCUT2D eigenvalue weighted by molar-refractivity contribution is 0.517. The molecule has 0 saturated carbocycles. The maximum atomic E-state index is 6.93. The van der Waals surface area contributed by atoms with Gasteiger partial charge in [0.25, 0.3) is 0 Å². The standard InChI is InChI=1S/C6H14N2/c1-6(5-8)3-2-4-7/h6-8H,2-5H2,1H3. The Balaban J connectivity index is 2.86. The summed E-state index contributed by atoms with van der Waals surface area (Å²) in [6.45, 7) is 3.09. The van der Waals surface area contributed by atoms with Crippen molar-refractivity contribution in [3.8, 4) is 0 Å². The summed E-state index contributed by atoms with van der Waals surface area (Å²) < 4.78 is 0. The summed E-state index contributed by atoms with van der Waals surface area (Å²) in [7, 11) is 0. The van der Waals surface area contributed by atoms with Gasteiger partial charge in [-0.15, -0.1) is 0 Å². The van der Waals surface area contributed by atoms with Crippen molar-refractivity contribution in [3.63, 3.8) is 0 Å². The van der Waals surface area contributed by atoms with Gasteiger partial charge in [0, 0.05) is 13.1 Å². The fourth-order valence-corrected chi connectivity index (χ4v) is 0.553. The van der Waals surface area contributed by atoms with Gasteiger partial charge in [-0.1, -0.05) is 6.92 Å². The zero-order valence-corrected chi connectivity index (χ0v) is 5.41. The normalized spacial score (nSPS) is 13.9. The third-order valence-corrected chi connectivity index (χ3v) is 1.22. The third-order valence-electron chi connectivity index (χ3n) is 1.22. The molecule has 0 amide bonds. The molecule has 0 aliphatic heterocycles. The van der Waals surface area contributed by atoms with E-state index in [1.165, 1.54) is 0 Å². The molecule has 0 aliphatic carbocycles. The van der Waals surface area contributed by atoms with Crippen LogP contribution in [0, 0.1) is 5.92 Å². The molecule has 2 nitrogen and oxygen atoms in total. The van der Waals surface area contributed by atoms with Gasteiger partial charge >= 0.3 is 0 Å². The molecule has 2 heteroatoms. The molecule has 0 aromatic rings. The van der Waals surface area contributed by atoms with Gasteiger partial charge in [-0.2, -0.15) is 0 Å². The lowest BCUT2D eigenvalue weighted by Gasteiger charge is -2.03. The second-order valence-electron chi connectivity index (χ2n) is 2.20. The van der Waals surface area contributed by atoms with Crippen LogP contribution in [-0.4, -0.2) is 13.1 Å². The van der Waals surface area contributed by atoms with E-state index in [9.17, 15) is 0 Å². The molecule has 0 rings (SSSR count). The van der Waals surface area contributed by atoms with Crippen molar-refractivity contribution >= 4 is 0 Å². The summed E-state index contributed by atoms with van der Waals surface area (Å²) >= 11 is 0. The molecule has 1 unspecified atom stereocenters. The van der Waals surface area contributed by atoms with Crippen molar-refractivity contribution in [1.29, 1.82) is 0 Å². The Kier molecular flexibility index (Phi) is 5.01. The molecule has 0 bridgehead atoms. The molecule has 48 valence electrons. The fourth-order valence-electron chi connectivity index (χ4n) is 0.553. The first kappa shape index (κ1) is 7.92. The maximum absolute atomic E-state index is 6.93. The van der Waals surface area contributed by atoms with E-state index in [1.807, 2.05) is 0 Å². The van der Waals surface area contributed by atoms with Crippen molar-refractivity contribution in [3.05, 3.63) is 0 Å². The van der Waals surface area contributed by atoms with Crippen molar-refractivity contribution in [2.75, 3.05) is 13.1 Å². The van der Waals surface area contributed by atoms with Gasteiger partial charge in [-0.3, -0.25) is 11.5 Å². The average Bonchev–Trinajstić information content (AvgIpc) is 1.83. The van der Waals surface area contributed by atoms with Crippen LogP contribution in [0.2, 0.25) is 0 Å². The first-order valence-corrected chi connectivity index (χ1v) is 3.10.